The summed E-state index contributed by atoms with van der Waals surface area (Å²) in [5, 5.41) is 13.5. The van der Waals surface area contributed by atoms with E-state index in [1.165, 1.54) is 35.7 Å². The minimum Gasteiger partial charge on any atom is -0.393 e. The van der Waals surface area contributed by atoms with Gasteiger partial charge in [-0.25, -0.2) is 8.78 Å². The Balaban J connectivity index is 0.000000174. The number of alkyl halides is 2. The number of anilines is 1. The first-order valence-electron chi connectivity index (χ1n) is 12.7. The summed E-state index contributed by atoms with van der Waals surface area (Å²) >= 11 is 0. The second kappa shape index (κ2) is 11.7. The maximum Gasteiger partial charge on any atom is 0.143 e. The van der Waals surface area contributed by atoms with Crippen molar-refractivity contribution < 1.29 is 18.3 Å². The van der Waals surface area contributed by atoms with Crippen LogP contribution in [0.4, 0.5) is 18.9 Å². The summed E-state index contributed by atoms with van der Waals surface area (Å²) in [4.78, 5) is 7.74. The summed E-state index contributed by atoms with van der Waals surface area (Å²) in [6.45, 7) is 7.25. The van der Waals surface area contributed by atoms with Gasteiger partial charge in [0.1, 0.15) is 11.5 Å². The molecule has 1 saturated heterocycles. The molecular formula is C28H37F3N4O. The molecule has 196 valence electrons. The van der Waals surface area contributed by atoms with E-state index in [1.807, 2.05) is 12.1 Å². The van der Waals surface area contributed by atoms with Crippen molar-refractivity contribution in [1.82, 2.24) is 14.8 Å². The number of fused-ring (bicyclic) bond motifs is 3. The molecule has 1 aromatic heterocycles. The first-order valence-corrected chi connectivity index (χ1v) is 12.7. The van der Waals surface area contributed by atoms with Gasteiger partial charge in [0.25, 0.3) is 0 Å². The van der Waals surface area contributed by atoms with E-state index in [9.17, 15) is 13.2 Å². The number of aromatic amines is 1. The van der Waals surface area contributed by atoms with Gasteiger partial charge in [0.15, 0.2) is 0 Å². The van der Waals surface area contributed by atoms with Gasteiger partial charge in [-0.05, 0) is 50.1 Å². The van der Waals surface area contributed by atoms with E-state index in [-0.39, 0.29) is 31.0 Å². The fraction of sp³-hybridized carbons (Fsp3) is 0.500. The number of H-pyrrole nitrogens is 1. The maximum absolute atomic E-state index is 14.1. The smallest absolute Gasteiger partial charge is 0.143 e. The average Bonchev–Trinajstić information content (AvgIpc) is 3.18. The third kappa shape index (κ3) is 6.60. The van der Waals surface area contributed by atoms with Gasteiger partial charge in [-0.15, -0.1) is 0 Å². The summed E-state index contributed by atoms with van der Waals surface area (Å²) < 4.78 is 39.1. The summed E-state index contributed by atoms with van der Waals surface area (Å²) in [7, 11) is 0. The highest BCUT2D eigenvalue weighted by Gasteiger charge is 2.32. The standard InChI is InChI=1S/C16H21FN2O.C12H16F2N2/c1-11-7-13-12-5-3-4-6-14(12)18-15(13)8-19(11)9-16(2,17)10-20;13-7-10-8-16(9-10)5-4-15-12-3-1-2-11(14)6-12/h3-6,11,18,20H,7-10H2,1-2H3;1-3,6,10,15H,4-5,7-9H2/t11-,16?;/m1./s1. The van der Waals surface area contributed by atoms with E-state index < -0.39 is 12.3 Å². The van der Waals surface area contributed by atoms with Crippen molar-refractivity contribution in [2.45, 2.75) is 38.5 Å². The topological polar surface area (TPSA) is 54.5 Å². The first-order chi connectivity index (χ1) is 17.3. The van der Waals surface area contributed by atoms with E-state index >= 15 is 0 Å². The lowest BCUT2D eigenvalue weighted by Gasteiger charge is -2.37. The van der Waals surface area contributed by atoms with Crippen LogP contribution in [0.25, 0.3) is 10.9 Å². The van der Waals surface area contributed by atoms with Gasteiger partial charge in [-0.3, -0.25) is 9.29 Å². The van der Waals surface area contributed by atoms with Crippen LogP contribution >= 0.6 is 0 Å². The number of aliphatic hydroxyl groups is 1. The Bertz CT molecular complexity index is 1130. The molecule has 2 aliphatic heterocycles. The quantitative estimate of drug-likeness (QED) is 0.415. The third-order valence-corrected chi connectivity index (χ3v) is 7.08. The number of rotatable bonds is 8. The number of para-hydroxylation sites is 1. The zero-order valence-corrected chi connectivity index (χ0v) is 21.1. The van der Waals surface area contributed by atoms with Gasteiger partial charge in [0.05, 0.1) is 13.3 Å². The minimum atomic E-state index is -1.54. The summed E-state index contributed by atoms with van der Waals surface area (Å²) in [6, 6.07) is 15.0. The SMILES string of the molecule is C[C@@H]1Cc2c([nH]c3ccccc23)CN1CC(C)(F)CO.FCC1CN(CCNc2cccc(F)c2)C1. The van der Waals surface area contributed by atoms with Crippen LogP contribution in [-0.2, 0) is 13.0 Å². The van der Waals surface area contributed by atoms with Gasteiger partial charge in [0, 0.05) is 73.5 Å². The zero-order chi connectivity index (χ0) is 25.7. The molecule has 5 nitrogen and oxygen atoms in total. The first kappa shape index (κ1) is 26.5. The predicted molar refractivity (Wildman–Crippen MR) is 139 cm³/mol. The van der Waals surface area contributed by atoms with Crippen molar-refractivity contribution >= 4 is 16.6 Å². The lowest BCUT2D eigenvalue weighted by molar-refractivity contribution is 0.0277. The van der Waals surface area contributed by atoms with Crippen molar-refractivity contribution in [2.75, 3.05) is 51.3 Å². The fourth-order valence-electron chi connectivity index (χ4n) is 5.01. The Morgan fingerprint density at radius 3 is 2.67 bits per heavy atom. The Labute approximate surface area is 211 Å². The molecule has 2 aliphatic rings. The van der Waals surface area contributed by atoms with E-state index in [2.05, 4.69) is 45.2 Å². The van der Waals surface area contributed by atoms with Gasteiger partial charge >= 0.3 is 0 Å². The molecule has 0 radical (unpaired) electrons. The number of halogens is 3. The highest BCUT2D eigenvalue weighted by Crippen LogP contribution is 2.31. The zero-order valence-electron chi connectivity index (χ0n) is 21.1. The van der Waals surface area contributed by atoms with Crippen LogP contribution in [0.2, 0.25) is 0 Å². The van der Waals surface area contributed by atoms with Crippen molar-refractivity contribution in [3.63, 3.8) is 0 Å². The van der Waals surface area contributed by atoms with Crippen LogP contribution in [0.3, 0.4) is 0 Å². The minimum absolute atomic E-state index is 0.214. The molecule has 36 heavy (non-hydrogen) atoms. The van der Waals surface area contributed by atoms with Crippen LogP contribution in [-0.4, -0.2) is 77.6 Å². The Kier molecular flexibility index (Phi) is 8.59. The van der Waals surface area contributed by atoms with Gasteiger partial charge in [0.2, 0.25) is 0 Å². The molecule has 3 heterocycles. The molecule has 0 bridgehead atoms. The van der Waals surface area contributed by atoms with Crippen LogP contribution < -0.4 is 5.32 Å². The van der Waals surface area contributed by atoms with Crippen LogP contribution in [0.15, 0.2) is 48.5 Å². The normalized spacial score (nSPS) is 20.2. The fourth-order valence-corrected chi connectivity index (χ4v) is 5.01. The molecule has 2 aromatic carbocycles. The number of hydrogen-bond acceptors (Lipinski definition) is 4. The van der Waals surface area contributed by atoms with Crippen LogP contribution in [0, 0.1) is 11.7 Å². The molecule has 5 rings (SSSR count). The van der Waals surface area contributed by atoms with Crippen molar-refractivity contribution in [2.24, 2.45) is 5.92 Å². The maximum atomic E-state index is 14.1. The molecule has 1 unspecified atom stereocenters. The number of hydrogen-bond donors (Lipinski definition) is 3. The highest BCUT2D eigenvalue weighted by atomic mass is 19.1. The average molecular weight is 503 g/mol. The Morgan fingerprint density at radius 2 is 1.94 bits per heavy atom. The van der Waals surface area contributed by atoms with E-state index in [4.69, 9.17) is 5.11 Å². The molecule has 8 heteroatoms. The number of nitrogens with zero attached hydrogens (tertiary/aromatic N) is 2. The molecule has 0 saturated carbocycles. The molecule has 1 fully saturated rings. The number of nitrogens with one attached hydrogen (secondary N) is 2. The molecule has 0 aliphatic carbocycles. The number of benzene rings is 2. The Morgan fingerprint density at radius 1 is 1.17 bits per heavy atom. The molecule has 2 atom stereocenters. The van der Waals surface area contributed by atoms with Crippen LogP contribution in [0.5, 0.6) is 0 Å². The molecule has 3 N–H and O–H groups in total. The van der Waals surface area contributed by atoms with E-state index in [0.29, 0.717) is 6.54 Å². The predicted octanol–water partition coefficient (Wildman–Crippen LogP) is 4.77. The highest BCUT2D eigenvalue weighted by molar-refractivity contribution is 5.84. The lowest BCUT2D eigenvalue weighted by atomic mass is 9.96. The largest absolute Gasteiger partial charge is 0.393 e. The summed E-state index contributed by atoms with van der Waals surface area (Å²) in [6.07, 6.45) is 0.918. The molecule has 3 aromatic rings. The monoisotopic (exact) mass is 502 g/mol. The van der Waals surface area contributed by atoms with Gasteiger partial charge < -0.3 is 20.3 Å². The van der Waals surface area contributed by atoms with Gasteiger partial charge in [-0.2, -0.15) is 0 Å². The van der Waals surface area contributed by atoms with E-state index in [0.717, 1.165) is 43.8 Å². The number of aromatic nitrogens is 1. The summed E-state index contributed by atoms with van der Waals surface area (Å²) in [5.41, 5.74) is 2.93. The number of aliphatic hydroxyl groups excluding tert-OH is 1. The van der Waals surface area contributed by atoms with Crippen LogP contribution in [0.1, 0.15) is 25.1 Å². The van der Waals surface area contributed by atoms with Gasteiger partial charge in [-0.1, -0.05) is 24.3 Å². The Hall–Kier alpha value is -2.55. The van der Waals surface area contributed by atoms with Crippen molar-refractivity contribution in [1.29, 1.82) is 0 Å². The molecular weight excluding hydrogens is 465 g/mol. The molecule has 0 spiro atoms. The molecule has 0 amide bonds. The summed E-state index contributed by atoms with van der Waals surface area (Å²) in [5.74, 6) is 0.000568. The van der Waals surface area contributed by atoms with E-state index in [1.54, 1.807) is 6.07 Å². The van der Waals surface area contributed by atoms with Crippen molar-refractivity contribution in [3.8, 4) is 0 Å². The second-order valence-corrected chi connectivity index (χ2v) is 10.4. The lowest BCUT2D eigenvalue weighted by Crippen LogP contribution is -2.49. The van der Waals surface area contributed by atoms with Crippen molar-refractivity contribution in [3.05, 3.63) is 65.6 Å². The number of likely N-dealkylation sites (tertiary alicyclic amines) is 1. The second-order valence-electron chi connectivity index (χ2n) is 10.4. The third-order valence-electron chi connectivity index (χ3n) is 7.08.